The van der Waals surface area contributed by atoms with Crippen molar-refractivity contribution in [3.8, 4) is 0 Å². The molecule has 4 rings (SSSR count). The van der Waals surface area contributed by atoms with E-state index in [1.165, 1.54) is 12.1 Å². The maximum atomic E-state index is 13.4. The predicted octanol–water partition coefficient (Wildman–Crippen LogP) is 3.03. The standard InChI is InChI=1S/C19H15F3N2O3/c20-19(21,22)16-15(11-27-10-12-6-2-1-3-7-12)23(16)24-17(25)13-8-4-5-9-14(13)18(24)26/h1-9,15-16H,10-11H2/t15-,16+,23?/m0/s1. The number of fused-ring (bicyclic) bond motifs is 1. The SMILES string of the molecule is O=C1c2ccccc2C(=O)N1N1[C@@H](COCc2ccccc2)[C@@H]1C(F)(F)F. The number of halogens is 3. The van der Waals surface area contributed by atoms with E-state index in [0.717, 1.165) is 10.6 Å². The molecule has 0 saturated carbocycles. The molecule has 1 unspecified atom stereocenters. The molecular formula is C19H15F3N2O3. The molecule has 3 atom stereocenters. The molecule has 2 amide bonds. The Hall–Kier alpha value is -2.71. The molecule has 2 heterocycles. The number of rotatable bonds is 5. The Morgan fingerprint density at radius 1 is 0.889 bits per heavy atom. The van der Waals surface area contributed by atoms with Crippen molar-refractivity contribution in [3.63, 3.8) is 0 Å². The minimum absolute atomic E-state index is 0.110. The summed E-state index contributed by atoms with van der Waals surface area (Å²) in [4.78, 5) is 24.9. The lowest BCUT2D eigenvalue weighted by Crippen LogP contribution is -2.39. The summed E-state index contributed by atoms with van der Waals surface area (Å²) in [6.45, 7) is -0.0929. The summed E-state index contributed by atoms with van der Waals surface area (Å²) >= 11 is 0. The van der Waals surface area contributed by atoms with Gasteiger partial charge in [-0.25, -0.2) is 5.01 Å². The number of ether oxygens (including phenoxy) is 1. The van der Waals surface area contributed by atoms with E-state index in [1.807, 2.05) is 6.07 Å². The third kappa shape index (κ3) is 3.11. The van der Waals surface area contributed by atoms with Gasteiger partial charge in [0.1, 0.15) is 6.04 Å². The summed E-state index contributed by atoms with van der Waals surface area (Å²) in [5.74, 6) is -1.48. The van der Waals surface area contributed by atoms with Crippen LogP contribution in [0, 0.1) is 0 Å². The molecule has 140 valence electrons. The van der Waals surface area contributed by atoms with Gasteiger partial charge in [0, 0.05) is 0 Å². The number of imide groups is 1. The minimum Gasteiger partial charge on any atom is -0.375 e. The molecule has 0 radical (unpaired) electrons. The highest BCUT2D eigenvalue weighted by atomic mass is 19.4. The van der Waals surface area contributed by atoms with Crippen LogP contribution in [0.1, 0.15) is 26.3 Å². The quantitative estimate of drug-likeness (QED) is 0.595. The Morgan fingerprint density at radius 3 is 2.00 bits per heavy atom. The van der Waals surface area contributed by atoms with E-state index in [4.69, 9.17) is 4.74 Å². The van der Waals surface area contributed by atoms with E-state index >= 15 is 0 Å². The van der Waals surface area contributed by atoms with Gasteiger partial charge in [0.05, 0.1) is 30.4 Å². The monoisotopic (exact) mass is 376 g/mol. The molecule has 0 spiro atoms. The highest BCUT2D eigenvalue weighted by Gasteiger charge is 2.68. The molecule has 8 heteroatoms. The van der Waals surface area contributed by atoms with Crippen molar-refractivity contribution in [2.75, 3.05) is 6.61 Å². The molecular weight excluding hydrogens is 361 g/mol. The summed E-state index contributed by atoms with van der Waals surface area (Å²) in [7, 11) is 0. The van der Waals surface area contributed by atoms with Crippen molar-refractivity contribution >= 4 is 11.8 Å². The number of alkyl halides is 3. The van der Waals surface area contributed by atoms with Gasteiger partial charge in [-0.2, -0.15) is 18.2 Å². The zero-order valence-electron chi connectivity index (χ0n) is 14.0. The summed E-state index contributed by atoms with van der Waals surface area (Å²) in [5.41, 5.74) is 1.05. The van der Waals surface area contributed by atoms with Crippen LogP contribution in [-0.4, -0.2) is 46.7 Å². The first kappa shape index (κ1) is 17.7. The molecule has 2 aliphatic heterocycles. The topological polar surface area (TPSA) is 49.6 Å². The number of amides is 2. The largest absolute Gasteiger partial charge is 0.407 e. The van der Waals surface area contributed by atoms with Crippen molar-refractivity contribution in [2.45, 2.75) is 24.9 Å². The van der Waals surface area contributed by atoms with E-state index in [0.29, 0.717) is 5.01 Å². The van der Waals surface area contributed by atoms with E-state index in [-0.39, 0.29) is 24.3 Å². The maximum absolute atomic E-state index is 13.4. The molecule has 0 bridgehead atoms. The van der Waals surface area contributed by atoms with Gasteiger partial charge in [-0.05, 0) is 17.7 Å². The summed E-state index contributed by atoms with van der Waals surface area (Å²) in [5, 5.41) is 1.37. The van der Waals surface area contributed by atoms with Gasteiger partial charge >= 0.3 is 6.18 Å². The van der Waals surface area contributed by atoms with Crippen molar-refractivity contribution < 1.29 is 27.5 Å². The first-order valence-corrected chi connectivity index (χ1v) is 8.34. The van der Waals surface area contributed by atoms with Gasteiger partial charge in [-0.15, -0.1) is 0 Å². The lowest BCUT2D eigenvalue weighted by atomic mass is 10.1. The average Bonchev–Trinajstić information content (AvgIpc) is 3.30. The zero-order valence-corrected chi connectivity index (χ0v) is 14.0. The second kappa shape index (κ2) is 6.47. The normalized spacial score (nSPS) is 24.3. The Balaban J connectivity index is 1.49. The third-order valence-electron chi connectivity index (χ3n) is 4.64. The van der Waals surface area contributed by atoms with Gasteiger partial charge < -0.3 is 4.74 Å². The molecule has 0 aromatic heterocycles. The molecule has 2 aromatic rings. The average molecular weight is 376 g/mol. The molecule has 0 aliphatic carbocycles. The fourth-order valence-corrected chi connectivity index (χ4v) is 3.33. The van der Waals surface area contributed by atoms with Gasteiger partial charge in [0.15, 0.2) is 0 Å². The smallest absolute Gasteiger partial charge is 0.375 e. The number of carbonyl (C=O) groups is 2. The van der Waals surface area contributed by atoms with Crippen molar-refractivity contribution in [1.82, 2.24) is 10.0 Å². The number of carbonyl (C=O) groups excluding carboxylic acids is 2. The molecule has 0 N–H and O–H groups in total. The molecule has 2 aromatic carbocycles. The van der Waals surface area contributed by atoms with Crippen LogP contribution < -0.4 is 0 Å². The van der Waals surface area contributed by atoms with Crippen LogP contribution >= 0.6 is 0 Å². The van der Waals surface area contributed by atoms with Crippen LogP contribution in [0.4, 0.5) is 13.2 Å². The van der Waals surface area contributed by atoms with Gasteiger partial charge in [-0.3, -0.25) is 9.59 Å². The fourth-order valence-electron chi connectivity index (χ4n) is 3.33. The van der Waals surface area contributed by atoms with Crippen molar-refractivity contribution in [3.05, 3.63) is 71.3 Å². The van der Waals surface area contributed by atoms with E-state index in [9.17, 15) is 22.8 Å². The van der Waals surface area contributed by atoms with Gasteiger partial charge in [0.25, 0.3) is 11.8 Å². The second-order valence-electron chi connectivity index (χ2n) is 6.40. The molecule has 5 nitrogen and oxygen atoms in total. The Labute approximate surface area is 152 Å². The lowest BCUT2D eigenvalue weighted by Gasteiger charge is -2.17. The molecule has 1 saturated heterocycles. The Kier molecular flexibility index (Phi) is 4.24. The molecule has 2 aliphatic rings. The number of nitrogens with zero attached hydrogens (tertiary/aromatic N) is 2. The van der Waals surface area contributed by atoms with Crippen molar-refractivity contribution in [2.24, 2.45) is 0 Å². The molecule has 1 fully saturated rings. The highest BCUT2D eigenvalue weighted by molar-refractivity contribution is 6.21. The van der Waals surface area contributed by atoms with Crippen LogP contribution in [-0.2, 0) is 11.3 Å². The van der Waals surface area contributed by atoms with Crippen LogP contribution in [0.3, 0.4) is 0 Å². The third-order valence-corrected chi connectivity index (χ3v) is 4.64. The number of hydrogen-bond acceptors (Lipinski definition) is 4. The summed E-state index contributed by atoms with van der Waals surface area (Å²) in [6.07, 6.45) is -4.57. The molecule has 27 heavy (non-hydrogen) atoms. The summed E-state index contributed by atoms with van der Waals surface area (Å²) < 4.78 is 45.6. The van der Waals surface area contributed by atoms with Crippen LogP contribution in [0.15, 0.2) is 54.6 Å². The predicted molar refractivity (Wildman–Crippen MR) is 88.5 cm³/mol. The Bertz CT molecular complexity index is 850. The Morgan fingerprint density at radius 2 is 1.44 bits per heavy atom. The zero-order chi connectivity index (χ0) is 19.2. The second-order valence-corrected chi connectivity index (χ2v) is 6.40. The maximum Gasteiger partial charge on any atom is 0.407 e. The van der Waals surface area contributed by atoms with E-state index < -0.39 is 30.1 Å². The number of hydrazine groups is 1. The first-order valence-electron chi connectivity index (χ1n) is 8.34. The highest BCUT2D eigenvalue weighted by Crippen LogP contribution is 2.45. The number of benzene rings is 2. The van der Waals surface area contributed by atoms with E-state index in [2.05, 4.69) is 0 Å². The van der Waals surface area contributed by atoms with Gasteiger partial charge in [0.2, 0.25) is 0 Å². The van der Waals surface area contributed by atoms with Crippen molar-refractivity contribution in [1.29, 1.82) is 0 Å². The fraction of sp³-hybridized carbons (Fsp3) is 0.263. The number of hydrogen-bond donors (Lipinski definition) is 0. The first-order chi connectivity index (χ1) is 12.9. The van der Waals surface area contributed by atoms with Gasteiger partial charge in [-0.1, -0.05) is 42.5 Å². The van der Waals surface area contributed by atoms with Crippen LogP contribution in [0.5, 0.6) is 0 Å². The van der Waals surface area contributed by atoms with Crippen LogP contribution in [0.2, 0.25) is 0 Å². The van der Waals surface area contributed by atoms with Crippen LogP contribution in [0.25, 0.3) is 0 Å². The minimum atomic E-state index is -4.57. The summed E-state index contributed by atoms with van der Waals surface area (Å²) in [6, 6.07) is 12.0. The lowest BCUT2D eigenvalue weighted by molar-refractivity contribution is -0.144. The van der Waals surface area contributed by atoms with E-state index in [1.54, 1.807) is 36.4 Å².